The molecule has 0 aliphatic rings. The Bertz CT molecular complexity index is 323. The average molecular weight is 184 g/mol. The van der Waals surface area contributed by atoms with Crippen LogP contribution in [0.2, 0.25) is 0 Å². The van der Waals surface area contributed by atoms with E-state index >= 15 is 0 Å². The molecule has 0 atom stereocenters. The van der Waals surface area contributed by atoms with Gasteiger partial charge in [-0.25, -0.2) is 9.18 Å². The van der Waals surface area contributed by atoms with Gasteiger partial charge in [0, 0.05) is 13.0 Å². The third kappa shape index (κ3) is 2.74. The second-order valence-corrected chi connectivity index (χ2v) is 2.57. The number of hydrogen-bond acceptors (Lipinski definition) is 3. The van der Waals surface area contributed by atoms with E-state index < -0.39 is 11.8 Å². The molecule has 0 fully saturated rings. The molecule has 0 spiro atoms. The molecule has 0 aliphatic carbocycles. The SMILES string of the molecule is CC(=O)OOc1cc(F)ccc1C. The van der Waals surface area contributed by atoms with Crippen molar-refractivity contribution >= 4 is 5.97 Å². The zero-order valence-electron chi connectivity index (χ0n) is 7.33. The molecule has 3 nitrogen and oxygen atoms in total. The van der Waals surface area contributed by atoms with Crippen molar-refractivity contribution in [1.82, 2.24) is 0 Å². The van der Waals surface area contributed by atoms with Gasteiger partial charge >= 0.3 is 5.97 Å². The van der Waals surface area contributed by atoms with Crippen molar-refractivity contribution in [3.63, 3.8) is 0 Å². The Hall–Kier alpha value is -1.58. The molecule has 0 radical (unpaired) electrons. The lowest BCUT2D eigenvalue weighted by Gasteiger charge is -2.04. The first-order chi connectivity index (χ1) is 6.09. The van der Waals surface area contributed by atoms with E-state index in [-0.39, 0.29) is 5.75 Å². The maximum absolute atomic E-state index is 12.7. The van der Waals surface area contributed by atoms with Crippen molar-refractivity contribution < 1.29 is 19.0 Å². The van der Waals surface area contributed by atoms with Gasteiger partial charge < -0.3 is 0 Å². The van der Waals surface area contributed by atoms with Crippen molar-refractivity contribution in [3.05, 3.63) is 29.6 Å². The highest BCUT2D eigenvalue weighted by Gasteiger charge is 2.03. The molecule has 0 unspecified atom stereocenters. The van der Waals surface area contributed by atoms with Crippen molar-refractivity contribution in [2.24, 2.45) is 0 Å². The van der Waals surface area contributed by atoms with Crippen LogP contribution in [0.15, 0.2) is 18.2 Å². The highest BCUT2D eigenvalue weighted by atomic mass is 19.1. The molecule has 0 heterocycles. The van der Waals surface area contributed by atoms with Crippen LogP contribution < -0.4 is 4.89 Å². The number of benzene rings is 1. The van der Waals surface area contributed by atoms with Gasteiger partial charge in [-0.05, 0) is 18.6 Å². The number of halogens is 1. The first-order valence-electron chi connectivity index (χ1n) is 3.71. The van der Waals surface area contributed by atoms with Crippen LogP contribution in [0.1, 0.15) is 12.5 Å². The van der Waals surface area contributed by atoms with E-state index in [0.717, 1.165) is 6.07 Å². The number of rotatable bonds is 2. The van der Waals surface area contributed by atoms with E-state index in [1.807, 2.05) is 0 Å². The number of carbonyl (C=O) groups excluding carboxylic acids is 1. The monoisotopic (exact) mass is 184 g/mol. The largest absolute Gasteiger partial charge is 0.352 e. The van der Waals surface area contributed by atoms with E-state index in [0.29, 0.717) is 5.56 Å². The summed E-state index contributed by atoms with van der Waals surface area (Å²) in [6, 6.07) is 3.99. The third-order valence-electron chi connectivity index (χ3n) is 1.40. The Morgan fingerprint density at radius 3 is 2.77 bits per heavy atom. The molecule has 1 rings (SSSR count). The van der Waals surface area contributed by atoms with E-state index in [2.05, 4.69) is 9.78 Å². The number of hydrogen-bond donors (Lipinski definition) is 0. The Kier molecular flexibility index (Phi) is 2.84. The average Bonchev–Trinajstić information content (AvgIpc) is 2.06. The Morgan fingerprint density at radius 1 is 1.46 bits per heavy atom. The standard InChI is InChI=1S/C9H9FO3/c1-6-3-4-8(10)5-9(6)13-12-7(2)11/h3-5H,1-2H3. The Morgan fingerprint density at radius 2 is 2.15 bits per heavy atom. The van der Waals surface area contributed by atoms with Crippen LogP contribution in [0.3, 0.4) is 0 Å². The fourth-order valence-corrected chi connectivity index (χ4v) is 0.767. The highest BCUT2D eigenvalue weighted by Crippen LogP contribution is 2.18. The van der Waals surface area contributed by atoms with E-state index in [9.17, 15) is 9.18 Å². The Labute approximate surface area is 75.0 Å². The minimum Gasteiger partial charge on any atom is -0.287 e. The van der Waals surface area contributed by atoms with Crippen LogP contribution in [-0.2, 0) is 9.68 Å². The third-order valence-corrected chi connectivity index (χ3v) is 1.40. The molecule has 0 saturated carbocycles. The normalized spacial score (nSPS) is 9.46. The highest BCUT2D eigenvalue weighted by molar-refractivity contribution is 5.65. The summed E-state index contributed by atoms with van der Waals surface area (Å²) in [4.78, 5) is 19.2. The van der Waals surface area contributed by atoms with Gasteiger partial charge in [-0.3, -0.25) is 9.78 Å². The van der Waals surface area contributed by atoms with Gasteiger partial charge in [-0.2, -0.15) is 0 Å². The van der Waals surface area contributed by atoms with E-state index in [1.165, 1.54) is 19.1 Å². The second-order valence-electron chi connectivity index (χ2n) is 2.57. The molecular weight excluding hydrogens is 175 g/mol. The van der Waals surface area contributed by atoms with Gasteiger partial charge in [0.1, 0.15) is 5.82 Å². The fourth-order valence-electron chi connectivity index (χ4n) is 0.767. The van der Waals surface area contributed by atoms with Crippen molar-refractivity contribution in [2.75, 3.05) is 0 Å². The van der Waals surface area contributed by atoms with Gasteiger partial charge in [0.2, 0.25) is 0 Å². The zero-order valence-corrected chi connectivity index (χ0v) is 7.33. The van der Waals surface area contributed by atoms with Crippen molar-refractivity contribution in [3.8, 4) is 5.75 Å². The molecule has 0 aromatic heterocycles. The predicted octanol–water partition coefficient (Wildman–Crippen LogP) is 1.99. The molecule has 1 aromatic carbocycles. The fraction of sp³-hybridized carbons (Fsp3) is 0.222. The summed E-state index contributed by atoms with van der Waals surface area (Å²) >= 11 is 0. The summed E-state index contributed by atoms with van der Waals surface area (Å²) in [5.41, 5.74) is 0.697. The van der Waals surface area contributed by atoms with E-state index in [4.69, 9.17) is 0 Å². The molecule has 1 aromatic rings. The smallest absolute Gasteiger partial charge is 0.287 e. The van der Waals surface area contributed by atoms with Gasteiger partial charge in [0.25, 0.3) is 0 Å². The molecule has 0 bridgehead atoms. The maximum atomic E-state index is 12.7. The molecule has 70 valence electrons. The second kappa shape index (κ2) is 3.89. The first-order valence-corrected chi connectivity index (χ1v) is 3.71. The minimum absolute atomic E-state index is 0.204. The topological polar surface area (TPSA) is 35.5 Å². The van der Waals surface area contributed by atoms with Crippen LogP contribution in [0, 0.1) is 12.7 Å². The van der Waals surface area contributed by atoms with Gasteiger partial charge in [-0.15, -0.1) is 0 Å². The summed E-state index contributed by atoms with van der Waals surface area (Å²) in [6.07, 6.45) is 0. The maximum Gasteiger partial charge on any atom is 0.352 e. The quantitative estimate of drug-likeness (QED) is 0.520. The molecule has 0 saturated heterocycles. The lowest BCUT2D eigenvalue weighted by Crippen LogP contribution is -2.03. The van der Waals surface area contributed by atoms with Crippen LogP contribution in [0.5, 0.6) is 5.75 Å². The zero-order chi connectivity index (χ0) is 9.84. The lowest BCUT2D eigenvalue weighted by atomic mass is 10.2. The van der Waals surface area contributed by atoms with Gasteiger partial charge in [-0.1, -0.05) is 6.07 Å². The summed E-state index contributed by atoms with van der Waals surface area (Å²) in [7, 11) is 0. The van der Waals surface area contributed by atoms with Crippen LogP contribution >= 0.6 is 0 Å². The lowest BCUT2D eigenvalue weighted by molar-refractivity contribution is -0.211. The summed E-state index contributed by atoms with van der Waals surface area (Å²) in [5.74, 6) is -0.813. The molecule has 0 aliphatic heterocycles. The molecule has 0 N–H and O–H groups in total. The predicted molar refractivity (Wildman–Crippen MR) is 43.5 cm³/mol. The molecule has 13 heavy (non-hydrogen) atoms. The number of carbonyl (C=O) groups is 1. The van der Waals surface area contributed by atoms with Crippen molar-refractivity contribution in [2.45, 2.75) is 13.8 Å². The number of aryl methyl sites for hydroxylation is 1. The molecule has 4 heteroatoms. The van der Waals surface area contributed by atoms with E-state index in [1.54, 1.807) is 6.92 Å². The summed E-state index contributed by atoms with van der Waals surface area (Å²) in [5, 5.41) is 0. The van der Waals surface area contributed by atoms with Gasteiger partial charge in [0.05, 0.1) is 0 Å². The van der Waals surface area contributed by atoms with Crippen LogP contribution in [0.25, 0.3) is 0 Å². The molecule has 0 amide bonds. The van der Waals surface area contributed by atoms with Crippen molar-refractivity contribution in [1.29, 1.82) is 0 Å². The van der Waals surface area contributed by atoms with Gasteiger partial charge in [0.15, 0.2) is 5.75 Å². The van der Waals surface area contributed by atoms with Crippen LogP contribution in [-0.4, -0.2) is 5.97 Å². The minimum atomic E-state index is -0.580. The molecular formula is C9H9FO3. The summed E-state index contributed by atoms with van der Waals surface area (Å²) < 4.78 is 12.7. The van der Waals surface area contributed by atoms with Crippen LogP contribution in [0.4, 0.5) is 4.39 Å². The first kappa shape index (κ1) is 9.51. The summed E-state index contributed by atoms with van der Waals surface area (Å²) in [6.45, 7) is 2.92. The Balaban J connectivity index is 2.75.